The topological polar surface area (TPSA) is 29.1 Å². The molecular formula is C13H7Cl3INO. The third-order valence-electron chi connectivity index (χ3n) is 2.37. The van der Waals surface area contributed by atoms with Gasteiger partial charge in [0.15, 0.2) is 0 Å². The maximum atomic E-state index is 12.2. The summed E-state index contributed by atoms with van der Waals surface area (Å²) >= 11 is 20.0. The van der Waals surface area contributed by atoms with Gasteiger partial charge in [0.05, 0.1) is 21.3 Å². The number of carbonyl (C=O) groups is 1. The second kappa shape index (κ2) is 6.31. The van der Waals surface area contributed by atoms with Gasteiger partial charge >= 0.3 is 0 Å². The Bertz CT molecular complexity index is 626. The van der Waals surface area contributed by atoms with Crippen LogP contribution in [0.5, 0.6) is 0 Å². The Balaban J connectivity index is 2.34. The van der Waals surface area contributed by atoms with E-state index >= 15 is 0 Å². The molecule has 0 fully saturated rings. The van der Waals surface area contributed by atoms with E-state index in [4.69, 9.17) is 34.8 Å². The molecule has 2 nitrogen and oxygen atoms in total. The lowest BCUT2D eigenvalue weighted by Crippen LogP contribution is -2.14. The van der Waals surface area contributed by atoms with Crippen LogP contribution in [0.3, 0.4) is 0 Å². The maximum Gasteiger partial charge on any atom is 0.256 e. The van der Waals surface area contributed by atoms with Crippen molar-refractivity contribution in [1.29, 1.82) is 0 Å². The van der Waals surface area contributed by atoms with Crippen molar-refractivity contribution in [3.63, 3.8) is 0 Å². The van der Waals surface area contributed by atoms with E-state index in [-0.39, 0.29) is 5.91 Å². The van der Waals surface area contributed by atoms with E-state index in [1.807, 2.05) is 0 Å². The molecule has 1 N–H and O–H groups in total. The van der Waals surface area contributed by atoms with Crippen molar-refractivity contribution in [2.24, 2.45) is 0 Å². The molecule has 0 spiro atoms. The minimum absolute atomic E-state index is 0.304. The molecule has 2 aromatic carbocycles. The zero-order chi connectivity index (χ0) is 14.0. The molecule has 0 unspecified atom stereocenters. The first-order valence-electron chi connectivity index (χ1n) is 5.19. The van der Waals surface area contributed by atoms with Crippen LogP contribution in [0.4, 0.5) is 5.69 Å². The Morgan fingerprint density at radius 1 is 1.05 bits per heavy atom. The molecule has 0 saturated heterocycles. The van der Waals surface area contributed by atoms with Crippen molar-refractivity contribution in [3.8, 4) is 0 Å². The van der Waals surface area contributed by atoms with Crippen LogP contribution in [-0.2, 0) is 0 Å². The van der Waals surface area contributed by atoms with Gasteiger partial charge in [-0.2, -0.15) is 0 Å². The number of anilines is 1. The van der Waals surface area contributed by atoms with Crippen LogP contribution >= 0.6 is 57.4 Å². The monoisotopic (exact) mass is 425 g/mol. The van der Waals surface area contributed by atoms with Crippen molar-refractivity contribution in [2.75, 3.05) is 5.32 Å². The summed E-state index contributed by atoms with van der Waals surface area (Å²) in [5, 5.41) is 3.97. The molecule has 19 heavy (non-hydrogen) atoms. The lowest BCUT2D eigenvalue weighted by Gasteiger charge is -2.10. The number of amides is 1. The van der Waals surface area contributed by atoms with E-state index in [1.165, 1.54) is 0 Å². The fraction of sp³-hybridized carbons (Fsp3) is 0. The number of hydrogen-bond donors (Lipinski definition) is 1. The third-order valence-corrected chi connectivity index (χ3v) is 4.18. The highest BCUT2D eigenvalue weighted by atomic mass is 127. The van der Waals surface area contributed by atoms with Gasteiger partial charge in [-0.15, -0.1) is 0 Å². The molecule has 0 aromatic heterocycles. The Morgan fingerprint density at radius 3 is 2.32 bits per heavy atom. The summed E-state index contributed by atoms with van der Waals surface area (Å²) in [4.78, 5) is 12.2. The largest absolute Gasteiger partial charge is 0.319 e. The molecule has 0 bridgehead atoms. The van der Waals surface area contributed by atoms with Gasteiger partial charge in [-0.25, -0.2) is 0 Å². The molecule has 98 valence electrons. The average molecular weight is 426 g/mol. The van der Waals surface area contributed by atoms with Gasteiger partial charge in [-0.3, -0.25) is 4.79 Å². The van der Waals surface area contributed by atoms with Crippen molar-refractivity contribution in [2.45, 2.75) is 0 Å². The molecule has 2 rings (SSSR count). The number of carbonyl (C=O) groups excluding carboxylic acids is 1. The molecule has 0 radical (unpaired) electrons. The molecule has 0 saturated carbocycles. The van der Waals surface area contributed by atoms with E-state index in [9.17, 15) is 4.79 Å². The number of para-hydroxylation sites is 1. The van der Waals surface area contributed by atoms with Crippen molar-refractivity contribution < 1.29 is 4.79 Å². The Labute approximate surface area is 139 Å². The molecule has 0 atom stereocenters. The van der Waals surface area contributed by atoms with Gasteiger partial charge in [-0.05, 0) is 52.9 Å². The predicted octanol–water partition coefficient (Wildman–Crippen LogP) is 5.50. The van der Waals surface area contributed by atoms with Crippen LogP contribution in [0.2, 0.25) is 15.1 Å². The van der Waals surface area contributed by atoms with E-state index in [1.54, 1.807) is 36.4 Å². The van der Waals surface area contributed by atoms with E-state index in [0.717, 1.165) is 3.57 Å². The normalized spacial score (nSPS) is 10.3. The van der Waals surface area contributed by atoms with Gasteiger partial charge in [0.2, 0.25) is 0 Å². The minimum Gasteiger partial charge on any atom is -0.319 e. The van der Waals surface area contributed by atoms with Crippen molar-refractivity contribution in [1.82, 2.24) is 0 Å². The number of hydrogen-bond acceptors (Lipinski definition) is 1. The lowest BCUT2D eigenvalue weighted by molar-refractivity contribution is 0.102. The first kappa shape index (κ1) is 14.9. The fourth-order valence-corrected chi connectivity index (χ4v) is 2.71. The molecule has 0 aliphatic rings. The minimum atomic E-state index is -0.304. The van der Waals surface area contributed by atoms with Crippen molar-refractivity contribution >= 4 is 69.0 Å². The Morgan fingerprint density at radius 2 is 1.68 bits per heavy atom. The third kappa shape index (κ3) is 3.54. The Hall–Kier alpha value is -0.490. The second-order valence-electron chi connectivity index (χ2n) is 3.67. The van der Waals surface area contributed by atoms with Gasteiger partial charge < -0.3 is 5.32 Å². The maximum absolute atomic E-state index is 12.2. The van der Waals surface area contributed by atoms with Crippen LogP contribution < -0.4 is 5.32 Å². The number of halogens is 4. The molecular weight excluding hydrogens is 419 g/mol. The Kier molecular flexibility index (Phi) is 4.95. The van der Waals surface area contributed by atoms with Crippen LogP contribution in [0, 0.1) is 3.57 Å². The van der Waals surface area contributed by atoms with E-state index in [2.05, 4.69) is 27.9 Å². The molecule has 0 heterocycles. The van der Waals surface area contributed by atoms with E-state index in [0.29, 0.717) is 26.3 Å². The zero-order valence-electron chi connectivity index (χ0n) is 9.38. The first-order valence-corrected chi connectivity index (χ1v) is 7.40. The summed E-state index contributed by atoms with van der Waals surface area (Å²) in [6.45, 7) is 0. The van der Waals surface area contributed by atoms with Gasteiger partial charge in [0.1, 0.15) is 0 Å². The second-order valence-corrected chi connectivity index (χ2v) is 6.09. The van der Waals surface area contributed by atoms with Crippen LogP contribution in [0.15, 0.2) is 36.4 Å². The molecule has 0 aliphatic carbocycles. The fourth-order valence-electron chi connectivity index (χ4n) is 1.47. The average Bonchev–Trinajstić information content (AvgIpc) is 2.37. The summed E-state index contributed by atoms with van der Waals surface area (Å²) in [5.41, 5.74) is 0.871. The molecule has 1 amide bonds. The SMILES string of the molecule is O=C(Nc1c(Cl)cccc1Cl)c1cc(Cl)ccc1I. The highest BCUT2D eigenvalue weighted by Crippen LogP contribution is 2.30. The van der Waals surface area contributed by atoms with Crippen LogP contribution in [0.25, 0.3) is 0 Å². The molecule has 2 aromatic rings. The summed E-state index contributed by atoms with van der Waals surface area (Å²) in [6, 6.07) is 10.1. The smallest absolute Gasteiger partial charge is 0.256 e. The molecule has 0 aliphatic heterocycles. The first-order chi connectivity index (χ1) is 8.99. The summed E-state index contributed by atoms with van der Waals surface area (Å²) in [6.07, 6.45) is 0. The lowest BCUT2D eigenvalue weighted by atomic mass is 10.2. The van der Waals surface area contributed by atoms with Crippen molar-refractivity contribution in [3.05, 3.63) is 60.6 Å². The number of benzene rings is 2. The zero-order valence-corrected chi connectivity index (χ0v) is 13.8. The summed E-state index contributed by atoms with van der Waals surface area (Å²) in [7, 11) is 0. The van der Waals surface area contributed by atoms with Crippen LogP contribution in [0.1, 0.15) is 10.4 Å². The summed E-state index contributed by atoms with van der Waals surface area (Å²) in [5.74, 6) is -0.304. The molecule has 6 heteroatoms. The van der Waals surface area contributed by atoms with Crippen LogP contribution in [-0.4, -0.2) is 5.91 Å². The van der Waals surface area contributed by atoms with Gasteiger partial charge in [-0.1, -0.05) is 40.9 Å². The number of rotatable bonds is 2. The highest BCUT2D eigenvalue weighted by molar-refractivity contribution is 14.1. The quantitative estimate of drug-likeness (QED) is 0.631. The van der Waals surface area contributed by atoms with Gasteiger partial charge in [0.25, 0.3) is 5.91 Å². The standard InChI is InChI=1S/C13H7Cl3INO/c14-7-4-5-11(17)8(6-7)13(19)18-12-9(15)2-1-3-10(12)16/h1-6H,(H,18,19). The highest BCUT2D eigenvalue weighted by Gasteiger charge is 2.14. The van der Waals surface area contributed by atoms with E-state index < -0.39 is 0 Å². The number of nitrogens with one attached hydrogen (secondary N) is 1. The predicted molar refractivity (Wildman–Crippen MR) is 88.6 cm³/mol. The van der Waals surface area contributed by atoms with Gasteiger partial charge in [0, 0.05) is 8.59 Å². The summed E-state index contributed by atoms with van der Waals surface area (Å²) < 4.78 is 0.794.